The fourth-order valence-electron chi connectivity index (χ4n) is 2.19. The van der Waals surface area contributed by atoms with Crippen LogP contribution in [0, 0.1) is 11.8 Å². The summed E-state index contributed by atoms with van der Waals surface area (Å²) in [5.74, 6) is -0.792. The van der Waals surface area contributed by atoms with Gasteiger partial charge in [-0.05, 0) is 18.4 Å². The van der Waals surface area contributed by atoms with Gasteiger partial charge in [0.15, 0.2) is 0 Å². The molecule has 0 saturated carbocycles. The van der Waals surface area contributed by atoms with Crippen LogP contribution in [0.2, 0.25) is 0 Å². The van der Waals surface area contributed by atoms with E-state index in [-0.39, 0.29) is 29.3 Å². The number of nitrogens with zero attached hydrogens (tertiary/aromatic N) is 2. The second-order valence-electron chi connectivity index (χ2n) is 5.62. The molecule has 0 N–H and O–H groups in total. The molecule has 1 heterocycles. The topological polar surface area (TPSA) is 40.6 Å². The van der Waals surface area contributed by atoms with Crippen molar-refractivity contribution in [3.05, 3.63) is 11.8 Å². The lowest BCUT2D eigenvalue weighted by Crippen LogP contribution is -2.56. The molecule has 126 valence electrons. The van der Waals surface area contributed by atoms with Gasteiger partial charge in [-0.2, -0.15) is 0 Å². The van der Waals surface area contributed by atoms with Crippen molar-refractivity contribution < 1.29 is 9.59 Å². The zero-order valence-electron chi connectivity index (χ0n) is 12.9. The molecule has 2 amide bonds. The molecule has 1 fully saturated rings. The van der Waals surface area contributed by atoms with Gasteiger partial charge in [-0.1, -0.05) is 13.8 Å². The second kappa shape index (κ2) is 8.09. The van der Waals surface area contributed by atoms with Crippen molar-refractivity contribution in [2.45, 2.75) is 36.0 Å². The molecular formula is C14H20Cl4N2O2. The molecule has 0 spiro atoms. The number of amides is 2. The van der Waals surface area contributed by atoms with E-state index >= 15 is 0 Å². The number of likely N-dealkylation sites (N-methyl/N-ethyl adjacent to an activating group) is 2. The molecule has 1 aliphatic heterocycles. The Morgan fingerprint density at radius 1 is 1.09 bits per heavy atom. The predicted molar refractivity (Wildman–Crippen MR) is 91.3 cm³/mol. The van der Waals surface area contributed by atoms with Crippen molar-refractivity contribution in [1.29, 1.82) is 0 Å². The minimum atomic E-state index is -0.653. The molecule has 4 nitrogen and oxygen atoms in total. The summed E-state index contributed by atoms with van der Waals surface area (Å²) >= 11 is 23.3. The summed E-state index contributed by atoms with van der Waals surface area (Å²) in [4.78, 5) is 26.6. The molecule has 8 heteroatoms. The van der Waals surface area contributed by atoms with Crippen molar-refractivity contribution in [1.82, 2.24) is 9.80 Å². The van der Waals surface area contributed by atoms with Crippen LogP contribution in [-0.4, -0.2) is 51.4 Å². The van der Waals surface area contributed by atoms with Gasteiger partial charge >= 0.3 is 0 Å². The van der Waals surface area contributed by atoms with Crippen LogP contribution in [0.25, 0.3) is 0 Å². The first-order valence-corrected chi connectivity index (χ1v) is 8.65. The minimum Gasteiger partial charge on any atom is -0.328 e. The van der Waals surface area contributed by atoms with Crippen molar-refractivity contribution >= 4 is 58.2 Å². The van der Waals surface area contributed by atoms with Crippen LogP contribution >= 0.6 is 46.4 Å². The standard InChI is InChI=1S/C14H20Cl4N2O2/c1-7(11(15)16)5-9-13(21)20(4)10(14(22)19(9)3)6-8(2)12(17)18/h5,7-8,10-12H,6H2,1-4H3/b9-5-. The lowest BCUT2D eigenvalue weighted by Gasteiger charge is -2.39. The second-order valence-corrected chi connectivity index (χ2v) is 7.95. The Hall–Kier alpha value is -0.160. The van der Waals surface area contributed by atoms with E-state index in [1.54, 1.807) is 27.1 Å². The maximum absolute atomic E-state index is 12.5. The highest BCUT2D eigenvalue weighted by molar-refractivity contribution is 6.44. The lowest BCUT2D eigenvalue weighted by molar-refractivity contribution is -0.149. The molecule has 1 saturated heterocycles. The van der Waals surface area contributed by atoms with E-state index in [1.807, 2.05) is 6.92 Å². The van der Waals surface area contributed by atoms with Crippen LogP contribution in [0.3, 0.4) is 0 Å². The highest BCUT2D eigenvalue weighted by atomic mass is 35.5. The quantitative estimate of drug-likeness (QED) is 0.533. The van der Waals surface area contributed by atoms with Crippen LogP contribution in [0.4, 0.5) is 0 Å². The van der Waals surface area contributed by atoms with Gasteiger partial charge in [-0.25, -0.2) is 0 Å². The van der Waals surface area contributed by atoms with E-state index in [0.717, 1.165) is 0 Å². The number of alkyl halides is 4. The molecule has 3 unspecified atom stereocenters. The summed E-state index contributed by atoms with van der Waals surface area (Å²) in [5.41, 5.74) is 0.281. The summed E-state index contributed by atoms with van der Waals surface area (Å²) in [5, 5.41) is 0. The Morgan fingerprint density at radius 2 is 1.64 bits per heavy atom. The van der Waals surface area contributed by atoms with E-state index in [0.29, 0.717) is 6.42 Å². The van der Waals surface area contributed by atoms with Gasteiger partial charge in [0.05, 0.1) is 0 Å². The Kier molecular flexibility index (Phi) is 7.31. The van der Waals surface area contributed by atoms with Gasteiger partial charge in [0.25, 0.3) is 5.91 Å². The average molecular weight is 390 g/mol. The number of halogens is 4. The molecule has 0 bridgehead atoms. The van der Waals surface area contributed by atoms with Crippen molar-refractivity contribution in [2.24, 2.45) is 11.8 Å². The molecule has 22 heavy (non-hydrogen) atoms. The SMILES string of the molecule is CC(/C=C1/C(=O)N(C)C(CC(C)C(Cl)Cl)C(=O)N1C)C(Cl)Cl. The van der Waals surface area contributed by atoms with Gasteiger partial charge in [-0.3, -0.25) is 9.59 Å². The van der Waals surface area contributed by atoms with Crippen molar-refractivity contribution in [2.75, 3.05) is 14.1 Å². The summed E-state index contributed by atoms with van der Waals surface area (Å²) in [6, 6.07) is -0.581. The molecule has 0 aliphatic carbocycles. The van der Waals surface area contributed by atoms with E-state index in [9.17, 15) is 9.59 Å². The molecule has 0 aromatic carbocycles. The van der Waals surface area contributed by atoms with E-state index in [1.165, 1.54) is 9.80 Å². The van der Waals surface area contributed by atoms with E-state index in [4.69, 9.17) is 46.4 Å². The maximum atomic E-state index is 12.5. The number of piperazine rings is 1. The first-order valence-electron chi connectivity index (χ1n) is 6.90. The first kappa shape index (κ1) is 19.9. The molecule has 0 radical (unpaired) electrons. The van der Waals surface area contributed by atoms with E-state index < -0.39 is 15.7 Å². The molecule has 1 aliphatic rings. The Morgan fingerprint density at radius 3 is 2.09 bits per heavy atom. The minimum absolute atomic E-state index is 0.111. The fourth-order valence-corrected chi connectivity index (χ4v) is 2.54. The summed E-state index contributed by atoms with van der Waals surface area (Å²) in [6.45, 7) is 3.62. The molecular weight excluding hydrogens is 370 g/mol. The third kappa shape index (κ3) is 4.44. The van der Waals surface area contributed by atoms with Crippen LogP contribution in [-0.2, 0) is 9.59 Å². The number of carbonyl (C=O) groups is 2. The number of rotatable bonds is 5. The molecule has 0 aromatic rings. The molecule has 0 aromatic heterocycles. The lowest BCUT2D eigenvalue weighted by atomic mass is 9.97. The third-order valence-corrected chi connectivity index (χ3v) is 5.48. The van der Waals surface area contributed by atoms with Crippen molar-refractivity contribution in [3.8, 4) is 0 Å². The zero-order valence-corrected chi connectivity index (χ0v) is 15.9. The van der Waals surface area contributed by atoms with E-state index in [2.05, 4.69) is 0 Å². The maximum Gasteiger partial charge on any atom is 0.270 e. The fraction of sp³-hybridized carbons (Fsp3) is 0.714. The predicted octanol–water partition coefficient (Wildman–Crippen LogP) is 3.44. The number of allylic oxidation sites excluding steroid dienone is 1. The first-order chi connectivity index (χ1) is 10.1. The summed E-state index contributed by atoms with van der Waals surface area (Å²) < 4.78 is 0. The highest BCUT2D eigenvalue weighted by Crippen LogP contribution is 2.28. The molecule has 1 rings (SSSR count). The summed E-state index contributed by atoms with van der Waals surface area (Å²) in [7, 11) is 3.17. The van der Waals surface area contributed by atoms with Crippen LogP contribution in [0.5, 0.6) is 0 Å². The van der Waals surface area contributed by atoms with Gasteiger partial charge in [0, 0.05) is 20.0 Å². The molecule has 3 atom stereocenters. The van der Waals surface area contributed by atoms with Crippen LogP contribution < -0.4 is 0 Å². The number of carbonyl (C=O) groups excluding carboxylic acids is 2. The summed E-state index contributed by atoms with van der Waals surface area (Å²) in [6.07, 6.45) is 2.02. The largest absolute Gasteiger partial charge is 0.328 e. The third-order valence-electron chi connectivity index (χ3n) is 3.83. The smallest absolute Gasteiger partial charge is 0.270 e. The van der Waals surface area contributed by atoms with Gasteiger partial charge in [-0.15, -0.1) is 46.4 Å². The zero-order chi connectivity index (χ0) is 17.2. The van der Waals surface area contributed by atoms with Gasteiger partial charge in [0.2, 0.25) is 5.91 Å². The Balaban J connectivity index is 3.02. The van der Waals surface area contributed by atoms with Crippen molar-refractivity contribution in [3.63, 3.8) is 0 Å². The number of hydrogen-bond donors (Lipinski definition) is 0. The average Bonchev–Trinajstić information content (AvgIpc) is 2.45. The Bertz CT molecular complexity index is 468. The number of hydrogen-bond acceptors (Lipinski definition) is 2. The van der Waals surface area contributed by atoms with Crippen LogP contribution in [0.15, 0.2) is 11.8 Å². The Labute approximate surface area is 151 Å². The van der Waals surface area contributed by atoms with Crippen LogP contribution in [0.1, 0.15) is 20.3 Å². The normalized spacial score (nSPS) is 24.6. The van der Waals surface area contributed by atoms with Gasteiger partial charge < -0.3 is 9.80 Å². The monoisotopic (exact) mass is 388 g/mol. The van der Waals surface area contributed by atoms with Gasteiger partial charge in [0.1, 0.15) is 21.4 Å². The highest BCUT2D eigenvalue weighted by Gasteiger charge is 2.40.